The maximum Gasteiger partial charge on any atom is 0.276 e. The SMILES string of the molecule is N#Cc1cccc(Nc2ccc(C(=O)Nc3cc(Cl)cc(Cl)c3)nn2)c1. The minimum atomic E-state index is -0.436. The van der Waals surface area contributed by atoms with Crippen molar-refractivity contribution in [3.63, 3.8) is 0 Å². The van der Waals surface area contributed by atoms with Gasteiger partial charge >= 0.3 is 0 Å². The molecule has 2 aromatic carbocycles. The molecule has 0 aliphatic rings. The number of benzene rings is 2. The van der Waals surface area contributed by atoms with Crippen molar-refractivity contribution in [3.05, 3.63) is 75.9 Å². The van der Waals surface area contributed by atoms with Gasteiger partial charge in [-0.05, 0) is 48.5 Å². The van der Waals surface area contributed by atoms with Crippen LogP contribution in [0.4, 0.5) is 17.2 Å². The Morgan fingerprint density at radius 2 is 1.73 bits per heavy atom. The fraction of sp³-hybridized carbons (Fsp3) is 0. The molecule has 8 heteroatoms. The van der Waals surface area contributed by atoms with Crippen LogP contribution >= 0.6 is 23.2 Å². The van der Waals surface area contributed by atoms with Gasteiger partial charge in [-0.15, -0.1) is 10.2 Å². The van der Waals surface area contributed by atoms with Gasteiger partial charge in [0.05, 0.1) is 11.6 Å². The van der Waals surface area contributed by atoms with E-state index in [0.29, 0.717) is 32.8 Å². The minimum Gasteiger partial charge on any atom is -0.339 e. The van der Waals surface area contributed by atoms with Crippen molar-refractivity contribution in [3.8, 4) is 6.07 Å². The fourth-order valence-corrected chi connectivity index (χ4v) is 2.68. The van der Waals surface area contributed by atoms with Gasteiger partial charge in [0.25, 0.3) is 5.91 Å². The number of anilines is 3. The number of carbonyl (C=O) groups is 1. The Hall–Kier alpha value is -3.14. The number of hydrogen-bond donors (Lipinski definition) is 2. The predicted octanol–water partition coefficient (Wildman–Crippen LogP) is 4.65. The molecule has 2 N–H and O–H groups in total. The van der Waals surface area contributed by atoms with Gasteiger partial charge < -0.3 is 10.6 Å². The van der Waals surface area contributed by atoms with Crippen molar-refractivity contribution >= 4 is 46.3 Å². The van der Waals surface area contributed by atoms with E-state index in [1.54, 1.807) is 48.5 Å². The predicted molar refractivity (Wildman–Crippen MR) is 101 cm³/mol. The minimum absolute atomic E-state index is 0.137. The quantitative estimate of drug-likeness (QED) is 0.683. The Morgan fingerprint density at radius 3 is 2.38 bits per heavy atom. The molecule has 0 aliphatic heterocycles. The van der Waals surface area contributed by atoms with Crippen LogP contribution in [0.5, 0.6) is 0 Å². The van der Waals surface area contributed by atoms with E-state index >= 15 is 0 Å². The number of carbonyl (C=O) groups excluding carboxylic acids is 1. The van der Waals surface area contributed by atoms with Crippen LogP contribution in [0, 0.1) is 11.3 Å². The zero-order valence-corrected chi connectivity index (χ0v) is 14.7. The molecule has 0 unspecified atom stereocenters. The van der Waals surface area contributed by atoms with Crippen molar-refractivity contribution < 1.29 is 4.79 Å². The monoisotopic (exact) mass is 383 g/mol. The van der Waals surface area contributed by atoms with Gasteiger partial charge in [-0.1, -0.05) is 29.3 Å². The summed E-state index contributed by atoms with van der Waals surface area (Å²) >= 11 is 11.8. The van der Waals surface area contributed by atoms with E-state index in [0.717, 1.165) is 0 Å². The fourth-order valence-electron chi connectivity index (χ4n) is 2.16. The van der Waals surface area contributed by atoms with E-state index in [1.165, 1.54) is 6.07 Å². The van der Waals surface area contributed by atoms with E-state index in [4.69, 9.17) is 28.5 Å². The lowest BCUT2D eigenvalue weighted by Gasteiger charge is -2.07. The van der Waals surface area contributed by atoms with Gasteiger partial charge in [-0.3, -0.25) is 4.79 Å². The lowest BCUT2D eigenvalue weighted by Crippen LogP contribution is -2.14. The highest BCUT2D eigenvalue weighted by Crippen LogP contribution is 2.23. The molecule has 0 spiro atoms. The molecule has 26 heavy (non-hydrogen) atoms. The Morgan fingerprint density at radius 1 is 0.962 bits per heavy atom. The molecular weight excluding hydrogens is 373 g/mol. The molecule has 3 aromatic rings. The summed E-state index contributed by atoms with van der Waals surface area (Å²) in [5.41, 5.74) is 1.82. The van der Waals surface area contributed by atoms with Crippen LogP contribution in [0.25, 0.3) is 0 Å². The average molecular weight is 384 g/mol. The third-order valence-corrected chi connectivity index (χ3v) is 3.72. The Labute approximate surface area is 159 Å². The van der Waals surface area contributed by atoms with Gasteiger partial charge in [-0.2, -0.15) is 5.26 Å². The summed E-state index contributed by atoms with van der Waals surface area (Å²) in [6.07, 6.45) is 0. The highest BCUT2D eigenvalue weighted by Gasteiger charge is 2.10. The summed E-state index contributed by atoms with van der Waals surface area (Å²) in [5.74, 6) is 0.0105. The summed E-state index contributed by atoms with van der Waals surface area (Å²) in [5, 5.41) is 23.3. The summed E-state index contributed by atoms with van der Waals surface area (Å²) < 4.78 is 0. The third kappa shape index (κ3) is 4.48. The molecule has 6 nitrogen and oxygen atoms in total. The number of amides is 1. The van der Waals surface area contributed by atoms with Crippen LogP contribution < -0.4 is 10.6 Å². The Kier molecular flexibility index (Phi) is 5.32. The summed E-state index contributed by atoms with van der Waals surface area (Å²) in [6.45, 7) is 0. The van der Waals surface area contributed by atoms with E-state index in [9.17, 15) is 4.79 Å². The second-order valence-corrected chi connectivity index (χ2v) is 6.11. The standard InChI is InChI=1S/C18H11Cl2N5O/c19-12-7-13(20)9-15(8-12)23-18(26)16-4-5-17(25-24-16)22-14-3-1-2-11(6-14)10-21/h1-9H,(H,22,25)(H,23,26). The van der Waals surface area contributed by atoms with Crippen LogP contribution in [0.3, 0.4) is 0 Å². The van der Waals surface area contributed by atoms with Gasteiger partial charge in [0.15, 0.2) is 11.5 Å². The Balaban J connectivity index is 1.70. The normalized spacial score (nSPS) is 10.0. The molecular formula is C18H11Cl2N5O. The number of rotatable bonds is 4. The first kappa shape index (κ1) is 17.7. The molecule has 0 saturated heterocycles. The van der Waals surface area contributed by atoms with Crippen LogP contribution in [0.2, 0.25) is 10.0 Å². The van der Waals surface area contributed by atoms with Crippen LogP contribution in [-0.4, -0.2) is 16.1 Å². The molecule has 0 saturated carbocycles. The second kappa shape index (κ2) is 7.83. The van der Waals surface area contributed by atoms with Gasteiger partial charge in [0, 0.05) is 21.4 Å². The van der Waals surface area contributed by atoms with Crippen LogP contribution in [-0.2, 0) is 0 Å². The van der Waals surface area contributed by atoms with Crippen molar-refractivity contribution in [2.45, 2.75) is 0 Å². The molecule has 1 aromatic heterocycles. The summed E-state index contributed by atoms with van der Waals surface area (Å²) in [6, 6.07) is 16.9. The smallest absolute Gasteiger partial charge is 0.276 e. The number of nitriles is 1. The first-order valence-corrected chi connectivity index (χ1v) is 8.17. The van der Waals surface area contributed by atoms with Gasteiger partial charge in [0.2, 0.25) is 0 Å². The molecule has 0 radical (unpaired) electrons. The lowest BCUT2D eigenvalue weighted by molar-refractivity contribution is 0.102. The van der Waals surface area contributed by atoms with Gasteiger partial charge in [-0.25, -0.2) is 0 Å². The molecule has 0 bridgehead atoms. The maximum absolute atomic E-state index is 12.2. The molecule has 0 atom stereocenters. The number of aromatic nitrogens is 2. The first-order valence-electron chi connectivity index (χ1n) is 7.42. The van der Waals surface area contributed by atoms with E-state index in [2.05, 4.69) is 26.9 Å². The van der Waals surface area contributed by atoms with E-state index in [-0.39, 0.29) is 5.69 Å². The van der Waals surface area contributed by atoms with Crippen molar-refractivity contribution in [2.75, 3.05) is 10.6 Å². The van der Waals surface area contributed by atoms with Crippen molar-refractivity contribution in [2.24, 2.45) is 0 Å². The summed E-state index contributed by atoms with van der Waals surface area (Å²) in [4.78, 5) is 12.2. The lowest BCUT2D eigenvalue weighted by atomic mass is 10.2. The first-order chi connectivity index (χ1) is 12.5. The number of nitrogens with zero attached hydrogens (tertiary/aromatic N) is 3. The van der Waals surface area contributed by atoms with Crippen molar-refractivity contribution in [1.82, 2.24) is 10.2 Å². The molecule has 0 aliphatic carbocycles. The number of halogens is 2. The molecule has 128 valence electrons. The molecule has 1 heterocycles. The number of nitrogens with one attached hydrogen (secondary N) is 2. The maximum atomic E-state index is 12.2. The number of hydrogen-bond acceptors (Lipinski definition) is 5. The van der Waals surface area contributed by atoms with Crippen LogP contribution in [0.15, 0.2) is 54.6 Å². The summed E-state index contributed by atoms with van der Waals surface area (Å²) in [7, 11) is 0. The third-order valence-electron chi connectivity index (χ3n) is 3.28. The van der Waals surface area contributed by atoms with E-state index < -0.39 is 5.91 Å². The average Bonchev–Trinajstić information content (AvgIpc) is 2.61. The van der Waals surface area contributed by atoms with Crippen LogP contribution in [0.1, 0.15) is 16.1 Å². The topological polar surface area (TPSA) is 90.7 Å². The highest BCUT2D eigenvalue weighted by molar-refractivity contribution is 6.35. The molecule has 0 fully saturated rings. The molecule has 3 rings (SSSR count). The van der Waals surface area contributed by atoms with Crippen molar-refractivity contribution in [1.29, 1.82) is 5.26 Å². The highest BCUT2D eigenvalue weighted by atomic mass is 35.5. The largest absolute Gasteiger partial charge is 0.339 e. The zero-order chi connectivity index (χ0) is 18.5. The Bertz CT molecular complexity index is 979. The van der Waals surface area contributed by atoms with Gasteiger partial charge in [0.1, 0.15) is 0 Å². The van der Waals surface area contributed by atoms with E-state index in [1.807, 2.05) is 0 Å². The second-order valence-electron chi connectivity index (χ2n) is 5.23. The molecule has 1 amide bonds. The zero-order valence-electron chi connectivity index (χ0n) is 13.2.